The summed E-state index contributed by atoms with van der Waals surface area (Å²) in [4.78, 5) is 44.1. The highest BCUT2D eigenvalue weighted by molar-refractivity contribution is 5.82. The number of hydrogen-bond acceptors (Lipinski definition) is 6. The molecule has 0 unspecified atom stereocenters. The monoisotopic (exact) mass is 372 g/mol. The fourth-order valence-corrected chi connectivity index (χ4v) is 1.95. The third-order valence-electron chi connectivity index (χ3n) is 3.54. The van der Waals surface area contributed by atoms with Crippen LogP contribution in [-0.4, -0.2) is 63.4 Å². The van der Waals surface area contributed by atoms with Gasteiger partial charge in [-0.3, -0.25) is 14.4 Å². The van der Waals surface area contributed by atoms with Crippen molar-refractivity contribution in [1.29, 1.82) is 0 Å². The van der Waals surface area contributed by atoms with Crippen LogP contribution in [0.25, 0.3) is 0 Å². The first-order valence-corrected chi connectivity index (χ1v) is 9.12. The SMILES string of the molecule is CC(C)C(=O)COCC(=O)NCCCCCCCNC(=O)COCC=O. The number of hydrogen-bond donors (Lipinski definition) is 2. The van der Waals surface area contributed by atoms with Gasteiger partial charge in [0.25, 0.3) is 0 Å². The van der Waals surface area contributed by atoms with E-state index in [1.54, 1.807) is 13.8 Å². The minimum Gasteiger partial charge on any atom is -0.364 e. The van der Waals surface area contributed by atoms with Crippen molar-refractivity contribution in [3.63, 3.8) is 0 Å². The molecule has 0 spiro atoms. The van der Waals surface area contributed by atoms with Gasteiger partial charge in [-0.1, -0.05) is 33.1 Å². The second-order valence-electron chi connectivity index (χ2n) is 6.26. The highest BCUT2D eigenvalue weighted by Crippen LogP contribution is 2.01. The van der Waals surface area contributed by atoms with Gasteiger partial charge in [0.2, 0.25) is 11.8 Å². The van der Waals surface area contributed by atoms with E-state index in [-0.39, 0.29) is 49.9 Å². The molecule has 0 aliphatic carbocycles. The predicted octanol–water partition coefficient (Wildman–Crippen LogP) is 0.627. The summed E-state index contributed by atoms with van der Waals surface area (Å²) >= 11 is 0. The van der Waals surface area contributed by atoms with Crippen LogP contribution in [0.2, 0.25) is 0 Å². The molecule has 0 bridgehead atoms. The number of Topliss-reactive ketones (excluding diaryl/α,β-unsaturated/α-hetero) is 1. The molecule has 0 saturated carbocycles. The number of rotatable bonds is 17. The van der Waals surface area contributed by atoms with Crippen molar-refractivity contribution in [2.45, 2.75) is 46.0 Å². The van der Waals surface area contributed by atoms with Crippen LogP contribution < -0.4 is 10.6 Å². The van der Waals surface area contributed by atoms with Crippen molar-refractivity contribution in [3.05, 3.63) is 0 Å². The van der Waals surface area contributed by atoms with Crippen LogP contribution in [0, 0.1) is 5.92 Å². The van der Waals surface area contributed by atoms with E-state index >= 15 is 0 Å². The number of amides is 2. The summed E-state index contributed by atoms with van der Waals surface area (Å²) in [6.07, 6.45) is 5.36. The minimum atomic E-state index is -0.216. The summed E-state index contributed by atoms with van der Waals surface area (Å²) in [6.45, 7) is 4.51. The molecule has 0 aliphatic rings. The molecule has 8 nitrogen and oxygen atoms in total. The van der Waals surface area contributed by atoms with Crippen LogP contribution >= 0.6 is 0 Å². The van der Waals surface area contributed by atoms with Gasteiger partial charge < -0.3 is 24.9 Å². The Morgan fingerprint density at radius 1 is 0.808 bits per heavy atom. The maximum Gasteiger partial charge on any atom is 0.246 e. The molecule has 0 aromatic carbocycles. The second kappa shape index (κ2) is 16.7. The fourth-order valence-electron chi connectivity index (χ4n) is 1.95. The predicted molar refractivity (Wildman–Crippen MR) is 96.7 cm³/mol. The van der Waals surface area contributed by atoms with Crippen molar-refractivity contribution in [2.24, 2.45) is 5.92 Å². The lowest BCUT2D eigenvalue weighted by Gasteiger charge is -2.07. The van der Waals surface area contributed by atoms with Gasteiger partial charge in [-0.15, -0.1) is 0 Å². The van der Waals surface area contributed by atoms with E-state index in [0.717, 1.165) is 32.1 Å². The molecular weight excluding hydrogens is 340 g/mol. The maximum absolute atomic E-state index is 11.5. The quantitative estimate of drug-likeness (QED) is 0.286. The summed E-state index contributed by atoms with van der Waals surface area (Å²) in [5, 5.41) is 5.47. The Balaban J connectivity index is 3.35. The second-order valence-corrected chi connectivity index (χ2v) is 6.26. The summed E-state index contributed by atoms with van der Waals surface area (Å²) in [7, 11) is 0. The first-order chi connectivity index (χ1) is 12.5. The van der Waals surface area contributed by atoms with E-state index in [2.05, 4.69) is 10.6 Å². The Morgan fingerprint density at radius 2 is 1.31 bits per heavy atom. The van der Waals surface area contributed by atoms with Gasteiger partial charge in [-0.05, 0) is 12.8 Å². The molecule has 0 fully saturated rings. The number of ether oxygens (including phenoxy) is 2. The van der Waals surface area contributed by atoms with E-state index < -0.39 is 0 Å². The van der Waals surface area contributed by atoms with E-state index in [4.69, 9.17) is 9.47 Å². The summed E-state index contributed by atoms with van der Waals surface area (Å²) in [5.74, 6) is -0.516. The lowest BCUT2D eigenvalue weighted by atomic mass is 10.1. The Labute approximate surface area is 155 Å². The van der Waals surface area contributed by atoms with Gasteiger partial charge >= 0.3 is 0 Å². The fraction of sp³-hybridized carbons (Fsp3) is 0.778. The van der Waals surface area contributed by atoms with E-state index in [1.165, 1.54) is 0 Å². The molecule has 2 N–H and O–H groups in total. The molecule has 0 heterocycles. The molecule has 0 radical (unpaired) electrons. The molecule has 0 rings (SSSR count). The molecule has 0 aromatic rings. The van der Waals surface area contributed by atoms with Gasteiger partial charge in [0.05, 0.1) is 0 Å². The molecule has 2 amide bonds. The number of nitrogens with one attached hydrogen (secondary N) is 2. The number of carbonyl (C=O) groups is 4. The van der Waals surface area contributed by atoms with Gasteiger partial charge in [-0.25, -0.2) is 0 Å². The van der Waals surface area contributed by atoms with Crippen molar-refractivity contribution >= 4 is 23.9 Å². The Bertz CT molecular complexity index is 426. The van der Waals surface area contributed by atoms with Crippen molar-refractivity contribution in [1.82, 2.24) is 10.6 Å². The zero-order chi connectivity index (χ0) is 19.6. The van der Waals surface area contributed by atoms with Gasteiger partial charge in [0.1, 0.15) is 32.7 Å². The van der Waals surface area contributed by atoms with Crippen LogP contribution in [0.5, 0.6) is 0 Å². The first-order valence-electron chi connectivity index (χ1n) is 9.12. The lowest BCUT2D eigenvalue weighted by Crippen LogP contribution is -2.30. The number of carbonyl (C=O) groups excluding carboxylic acids is 4. The molecule has 0 aliphatic heterocycles. The summed E-state index contributed by atoms with van der Waals surface area (Å²) in [5.41, 5.74) is 0. The molecular formula is C18H32N2O6. The highest BCUT2D eigenvalue weighted by atomic mass is 16.5. The van der Waals surface area contributed by atoms with Crippen molar-refractivity contribution in [2.75, 3.05) is 39.5 Å². The van der Waals surface area contributed by atoms with E-state index in [0.29, 0.717) is 19.4 Å². The number of aldehydes is 1. The number of unbranched alkanes of at least 4 members (excludes halogenated alkanes) is 4. The molecule has 0 saturated heterocycles. The Kier molecular flexibility index (Phi) is 15.5. The highest BCUT2D eigenvalue weighted by Gasteiger charge is 2.08. The topological polar surface area (TPSA) is 111 Å². The molecule has 0 atom stereocenters. The van der Waals surface area contributed by atoms with Crippen LogP contribution in [0.4, 0.5) is 0 Å². The first kappa shape index (κ1) is 24.2. The minimum absolute atomic E-state index is 0.0116. The molecule has 26 heavy (non-hydrogen) atoms. The summed E-state index contributed by atoms with van der Waals surface area (Å²) in [6, 6.07) is 0. The van der Waals surface area contributed by atoms with Crippen LogP contribution in [0.3, 0.4) is 0 Å². The van der Waals surface area contributed by atoms with E-state index in [9.17, 15) is 19.2 Å². The van der Waals surface area contributed by atoms with Crippen LogP contribution in [-0.2, 0) is 28.7 Å². The largest absolute Gasteiger partial charge is 0.364 e. The normalized spacial score (nSPS) is 10.6. The summed E-state index contributed by atoms with van der Waals surface area (Å²) < 4.78 is 9.86. The third-order valence-corrected chi connectivity index (χ3v) is 3.54. The zero-order valence-corrected chi connectivity index (χ0v) is 15.9. The maximum atomic E-state index is 11.5. The van der Waals surface area contributed by atoms with Crippen LogP contribution in [0.15, 0.2) is 0 Å². The molecule has 8 heteroatoms. The Morgan fingerprint density at radius 3 is 1.81 bits per heavy atom. The number of ketones is 1. The van der Waals surface area contributed by atoms with Gasteiger partial charge in [0, 0.05) is 19.0 Å². The van der Waals surface area contributed by atoms with Gasteiger partial charge in [0.15, 0.2) is 5.78 Å². The zero-order valence-electron chi connectivity index (χ0n) is 15.9. The Hall–Kier alpha value is -1.80. The smallest absolute Gasteiger partial charge is 0.246 e. The van der Waals surface area contributed by atoms with E-state index in [1.807, 2.05) is 0 Å². The average molecular weight is 372 g/mol. The molecule has 150 valence electrons. The van der Waals surface area contributed by atoms with Crippen LogP contribution in [0.1, 0.15) is 46.0 Å². The third kappa shape index (κ3) is 15.7. The molecule has 0 aromatic heterocycles. The standard InChI is InChI=1S/C18H32N2O6/c1-15(2)16(22)12-26-14-18(24)20-9-7-5-3-4-6-8-19-17(23)13-25-11-10-21/h10,15H,3-9,11-14H2,1-2H3,(H,19,23)(H,20,24). The van der Waals surface area contributed by atoms with Crippen molar-refractivity contribution in [3.8, 4) is 0 Å². The van der Waals surface area contributed by atoms with Gasteiger partial charge in [-0.2, -0.15) is 0 Å². The lowest BCUT2D eigenvalue weighted by molar-refractivity contribution is -0.131. The average Bonchev–Trinajstić information content (AvgIpc) is 2.60. The van der Waals surface area contributed by atoms with Crippen molar-refractivity contribution < 1.29 is 28.7 Å².